The van der Waals surface area contributed by atoms with Crippen LogP contribution in [0.1, 0.15) is 23.2 Å². The first-order valence-corrected chi connectivity index (χ1v) is 9.77. The van der Waals surface area contributed by atoms with Crippen LogP contribution in [-0.2, 0) is 14.8 Å². The number of hydrogen-bond acceptors (Lipinski definition) is 5. The van der Waals surface area contributed by atoms with Crippen molar-refractivity contribution in [1.82, 2.24) is 0 Å². The van der Waals surface area contributed by atoms with Crippen molar-refractivity contribution < 1.29 is 22.7 Å². The van der Waals surface area contributed by atoms with Gasteiger partial charge >= 0.3 is 0 Å². The summed E-state index contributed by atoms with van der Waals surface area (Å²) in [6.45, 7) is 0.669. The zero-order chi connectivity index (χ0) is 19.6. The van der Waals surface area contributed by atoms with Gasteiger partial charge in [-0.15, -0.1) is 0 Å². The molecule has 2 aromatic carbocycles. The second-order valence-electron chi connectivity index (χ2n) is 6.06. The van der Waals surface area contributed by atoms with Crippen LogP contribution in [0.2, 0.25) is 0 Å². The molecule has 1 aliphatic rings. The predicted molar refractivity (Wildman–Crippen MR) is 100 cm³/mol. The number of nitrogens with two attached hydrogens (primary N) is 1. The van der Waals surface area contributed by atoms with Crippen LogP contribution in [0.25, 0.3) is 0 Å². The first kappa shape index (κ1) is 18.9. The number of hydrogen-bond donors (Lipinski definition) is 2. The molecule has 1 fully saturated rings. The lowest BCUT2D eigenvalue weighted by Crippen LogP contribution is -2.23. The normalized spacial score (nSPS) is 14.3. The molecule has 0 spiro atoms. The molecule has 0 unspecified atom stereocenters. The number of rotatable bonds is 5. The van der Waals surface area contributed by atoms with Crippen LogP contribution in [0.5, 0.6) is 5.75 Å². The molecular weight excluding hydrogens is 370 g/mol. The van der Waals surface area contributed by atoms with E-state index in [0.717, 1.165) is 12.1 Å². The van der Waals surface area contributed by atoms with Gasteiger partial charge < -0.3 is 15.0 Å². The topological polar surface area (TPSA) is 119 Å². The fraction of sp³-hybridized carbons (Fsp3) is 0.222. The highest BCUT2D eigenvalue weighted by atomic mass is 32.2. The van der Waals surface area contributed by atoms with E-state index >= 15 is 0 Å². The average Bonchev–Trinajstić information content (AvgIpc) is 3.07. The first-order chi connectivity index (χ1) is 12.8. The van der Waals surface area contributed by atoms with E-state index in [-0.39, 0.29) is 16.5 Å². The smallest absolute Gasteiger partial charge is 0.255 e. The number of sulfonamides is 1. The standard InChI is InChI=1S/C18H19N3O5S/c1-26-16-9-8-14(27(19,24)25)11-15(16)20-18(23)12-4-6-13(7-5-12)21-10-2-3-17(21)22/h4-9,11H,2-3,10H2,1H3,(H,20,23)(H2,19,24,25). The second kappa shape index (κ2) is 7.37. The Balaban J connectivity index is 1.82. The summed E-state index contributed by atoms with van der Waals surface area (Å²) in [6.07, 6.45) is 1.35. The van der Waals surface area contributed by atoms with Crippen molar-refractivity contribution in [3.63, 3.8) is 0 Å². The summed E-state index contributed by atoms with van der Waals surface area (Å²) in [5, 5.41) is 7.76. The third-order valence-electron chi connectivity index (χ3n) is 4.26. The van der Waals surface area contributed by atoms with E-state index in [9.17, 15) is 18.0 Å². The minimum absolute atomic E-state index is 0.0664. The number of nitrogens with one attached hydrogen (secondary N) is 1. The van der Waals surface area contributed by atoms with Crippen LogP contribution in [-0.4, -0.2) is 33.9 Å². The summed E-state index contributed by atoms with van der Waals surface area (Å²) < 4.78 is 28.2. The van der Waals surface area contributed by atoms with E-state index in [1.807, 2.05) is 0 Å². The van der Waals surface area contributed by atoms with E-state index in [1.165, 1.54) is 25.3 Å². The van der Waals surface area contributed by atoms with E-state index < -0.39 is 15.9 Å². The minimum Gasteiger partial charge on any atom is -0.495 e. The van der Waals surface area contributed by atoms with Gasteiger partial charge in [-0.05, 0) is 48.9 Å². The average molecular weight is 389 g/mol. The predicted octanol–water partition coefficient (Wildman–Crippen LogP) is 1.72. The van der Waals surface area contributed by atoms with Crippen LogP contribution in [0.15, 0.2) is 47.4 Å². The summed E-state index contributed by atoms with van der Waals surface area (Å²) in [5.74, 6) is -0.0778. The highest BCUT2D eigenvalue weighted by molar-refractivity contribution is 7.89. The molecule has 1 saturated heterocycles. The molecule has 8 nitrogen and oxygen atoms in total. The number of primary sulfonamides is 1. The minimum atomic E-state index is -3.92. The zero-order valence-corrected chi connectivity index (χ0v) is 15.5. The van der Waals surface area contributed by atoms with Gasteiger partial charge in [-0.2, -0.15) is 0 Å². The molecule has 0 aliphatic carbocycles. The summed E-state index contributed by atoms with van der Waals surface area (Å²) in [7, 11) is -2.51. The van der Waals surface area contributed by atoms with E-state index in [2.05, 4.69) is 5.32 Å². The third kappa shape index (κ3) is 4.09. The third-order valence-corrected chi connectivity index (χ3v) is 5.17. The van der Waals surface area contributed by atoms with Gasteiger partial charge in [0.1, 0.15) is 5.75 Å². The zero-order valence-electron chi connectivity index (χ0n) is 14.6. The molecule has 0 bridgehead atoms. The molecule has 142 valence electrons. The Hall–Kier alpha value is -2.91. The van der Waals surface area contributed by atoms with Gasteiger partial charge in [-0.3, -0.25) is 9.59 Å². The van der Waals surface area contributed by atoms with E-state index in [4.69, 9.17) is 9.88 Å². The maximum absolute atomic E-state index is 12.5. The molecule has 0 atom stereocenters. The van der Waals surface area contributed by atoms with Gasteiger partial charge in [0.05, 0.1) is 17.7 Å². The van der Waals surface area contributed by atoms with Crippen LogP contribution < -0.4 is 20.1 Å². The molecular formula is C18H19N3O5S. The molecule has 9 heteroatoms. The van der Waals surface area contributed by atoms with Gasteiger partial charge in [-0.1, -0.05) is 0 Å². The second-order valence-corrected chi connectivity index (χ2v) is 7.62. The summed E-state index contributed by atoms with van der Waals surface area (Å²) in [6, 6.07) is 10.6. The van der Waals surface area contributed by atoms with Crippen molar-refractivity contribution in [2.45, 2.75) is 17.7 Å². The monoisotopic (exact) mass is 389 g/mol. The molecule has 3 N–H and O–H groups in total. The number of anilines is 2. The molecule has 1 heterocycles. The van der Waals surface area contributed by atoms with Gasteiger partial charge in [-0.25, -0.2) is 13.6 Å². The van der Waals surface area contributed by atoms with Crippen LogP contribution in [0.3, 0.4) is 0 Å². The SMILES string of the molecule is COc1ccc(S(N)(=O)=O)cc1NC(=O)c1ccc(N2CCCC2=O)cc1. The Bertz CT molecular complexity index is 987. The molecule has 0 aromatic heterocycles. The van der Waals surface area contributed by atoms with E-state index in [0.29, 0.717) is 24.3 Å². The van der Waals surface area contributed by atoms with Crippen molar-refractivity contribution in [3.05, 3.63) is 48.0 Å². The van der Waals surface area contributed by atoms with Crippen molar-refractivity contribution in [2.24, 2.45) is 5.14 Å². The molecule has 1 aliphatic heterocycles. The molecule has 27 heavy (non-hydrogen) atoms. The Morgan fingerprint density at radius 2 is 1.89 bits per heavy atom. The maximum Gasteiger partial charge on any atom is 0.255 e. The number of ether oxygens (including phenoxy) is 1. The number of benzene rings is 2. The van der Waals surface area contributed by atoms with Crippen molar-refractivity contribution in [1.29, 1.82) is 0 Å². The lowest BCUT2D eigenvalue weighted by molar-refractivity contribution is -0.117. The van der Waals surface area contributed by atoms with Gasteiger partial charge in [0.25, 0.3) is 5.91 Å². The Labute approximate surface area is 157 Å². The lowest BCUT2D eigenvalue weighted by atomic mass is 10.1. The number of amides is 2. The number of nitrogens with zero attached hydrogens (tertiary/aromatic N) is 1. The van der Waals surface area contributed by atoms with E-state index in [1.54, 1.807) is 29.2 Å². The highest BCUT2D eigenvalue weighted by Gasteiger charge is 2.22. The molecule has 2 amide bonds. The van der Waals surface area contributed by atoms with Crippen LogP contribution in [0, 0.1) is 0 Å². The molecule has 2 aromatic rings. The van der Waals surface area contributed by atoms with Crippen molar-refractivity contribution in [3.8, 4) is 5.75 Å². The number of carbonyl (C=O) groups is 2. The summed E-state index contributed by atoms with van der Waals surface area (Å²) in [5.41, 5.74) is 1.28. The molecule has 0 saturated carbocycles. The van der Waals surface area contributed by atoms with Gasteiger partial charge in [0.15, 0.2) is 0 Å². The summed E-state index contributed by atoms with van der Waals surface area (Å²) >= 11 is 0. The Kier molecular flexibility index (Phi) is 5.15. The lowest BCUT2D eigenvalue weighted by Gasteiger charge is -2.16. The van der Waals surface area contributed by atoms with Crippen LogP contribution in [0.4, 0.5) is 11.4 Å². The Morgan fingerprint density at radius 3 is 2.44 bits per heavy atom. The fourth-order valence-electron chi connectivity index (χ4n) is 2.87. The quantitative estimate of drug-likeness (QED) is 0.807. The van der Waals surface area contributed by atoms with Gasteiger partial charge in [0.2, 0.25) is 15.9 Å². The summed E-state index contributed by atoms with van der Waals surface area (Å²) in [4.78, 5) is 25.8. The molecule has 3 rings (SSSR count). The molecule has 0 radical (unpaired) electrons. The van der Waals surface area contributed by atoms with Crippen molar-refractivity contribution in [2.75, 3.05) is 23.9 Å². The van der Waals surface area contributed by atoms with Crippen molar-refractivity contribution >= 4 is 33.2 Å². The Morgan fingerprint density at radius 1 is 1.19 bits per heavy atom. The number of methoxy groups -OCH3 is 1. The van der Waals surface area contributed by atoms with Crippen LogP contribution >= 0.6 is 0 Å². The van der Waals surface area contributed by atoms with Gasteiger partial charge in [0, 0.05) is 24.2 Å². The first-order valence-electron chi connectivity index (χ1n) is 8.22. The highest BCUT2D eigenvalue weighted by Crippen LogP contribution is 2.28. The maximum atomic E-state index is 12.5. The fourth-order valence-corrected chi connectivity index (χ4v) is 3.41. The largest absolute Gasteiger partial charge is 0.495 e. The number of carbonyl (C=O) groups excluding carboxylic acids is 2.